The first-order chi connectivity index (χ1) is 8.01. The van der Waals surface area contributed by atoms with Crippen LogP contribution in [0.4, 0.5) is 4.79 Å². The smallest absolute Gasteiger partial charge is 0.326 e. The van der Waals surface area contributed by atoms with Crippen LogP contribution in [0.3, 0.4) is 0 Å². The van der Waals surface area contributed by atoms with Crippen LogP contribution in [0.1, 0.15) is 26.7 Å². The fourth-order valence-electron chi connectivity index (χ4n) is 1.11. The fraction of sp³-hybridized carbons (Fsp3) is 0.818. The van der Waals surface area contributed by atoms with Crippen molar-refractivity contribution in [1.82, 2.24) is 10.6 Å². The zero-order valence-corrected chi connectivity index (χ0v) is 11.5. The summed E-state index contributed by atoms with van der Waals surface area (Å²) >= 11 is 1.56. The van der Waals surface area contributed by atoms with Crippen LogP contribution in [0, 0.1) is 5.92 Å². The average Bonchev–Trinajstić information content (AvgIpc) is 2.30. The fourth-order valence-corrected chi connectivity index (χ4v) is 1.59. The number of carboxylic acid groups (broad SMARTS) is 1. The van der Waals surface area contributed by atoms with Crippen LogP contribution in [0.2, 0.25) is 0 Å². The number of aliphatic carboxylic acids is 1. The highest BCUT2D eigenvalue weighted by atomic mass is 32.2. The summed E-state index contributed by atoms with van der Waals surface area (Å²) in [5.41, 5.74) is 0. The molecular formula is C11H22N2O3S. The lowest BCUT2D eigenvalue weighted by Crippen LogP contribution is -2.47. The van der Waals surface area contributed by atoms with Gasteiger partial charge in [0.1, 0.15) is 6.04 Å². The first kappa shape index (κ1) is 16.1. The van der Waals surface area contributed by atoms with Crippen LogP contribution in [-0.2, 0) is 4.79 Å². The van der Waals surface area contributed by atoms with E-state index in [1.165, 1.54) is 0 Å². The number of carbonyl (C=O) groups excluding carboxylic acids is 1. The monoisotopic (exact) mass is 262 g/mol. The molecule has 0 fully saturated rings. The van der Waals surface area contributed by atoms with E-state index in [-0.39, 0.29) is 0 Å². The van der Waals surface area contributed by atoms with Crippen LogP contribution < -0.4 is 10.6 Å². The molecule has 100 valence electrons. The summed E-state index contributed by atoms with van der Waals surface area (Å²) in [7, 11) is 0. The molecule has 0 aliphatic carbocycles. The molecule has 5 nitrogen and oxygen atoms in total. The molecule has 0 aliphatic heterocycles. The topological polar surface area (TPSA) is 78.4 Å². The molecule has 3 N–H and O–H groups in total. The van der Waals surface area contributed by atoms with Gasteiger partial charge >= 0.3 is 12.0 Å². The van der Waals surface area contributed by atoms with Crippen molar-refractivity contribution < 1.29 is 14.7 Å². The molecule has 2 atom stereocenters. The lowest BCUT2D eigenvalue weighted by Gasteiger charge is -2.16. The van der Waals surface area contributed by atoms with E-state index in [9.17, 15) is 9.59 Å². The zero-order chi connectivity index (χ0) is 13.3. The van der Waals surface area contributed by atoms with Crippen LogP contribution in [0.25, 0.3) is 0 Å². The molecule has 0 heterocycles. The van der Waals surface area contributed by atoms with E-state index in [1.54, 1.807) is 11.8 Å². The average molecular weight is 262 g/mol. The molecule has 0 spiro atoms. The third-order valence-corrected chi connectivity index (χ3v) is 3.17. The third-order valence-electron chi connectivity index (χ3n) is 2.52. The molecular weight excluding hydrogens is 240 g/mol. The maximum atomic E-state index is 11.4. The Labute approximate surface area is 107 Å². The second kappa shape index (κ2) is 9.15. The van der Waals surface area contributed by atoms with Crippen molar-refractivity contribution in [2.45, 2.75) is 32.7 Å². The van der Waals surface area contributed by atoms with Crippen LogP contribution >= 0.6 is 11.8 Å². The van der Waals surface area contributed by atoms with E-state index in [1.807, 2.05) is 20.1 Å². The van der Waals surface area contributed by atoms with E-state index in [2.05, 4.69) is 10.6 Å². The minimum atomic E-state index is -0.988. The highest BCUT2D eigenvalue weighted by molar-refractivity contribution is 7.98. The Morgan fingerprint density at radius 2 is 2.06 bits per heavy atom. The number of nitrogens with one attached hydrogen (secondary N) is 2. The Bertz CT molecular complexity index is 249. The maximum Gasteiger partial charge on any atom is 0.326 e. The molecule has 0 rings (SSSR count). The van der Waals surface area contributed by atoms with Gasteiger partial charge < -0.3 is 15.7 Å². The molecule has 0 aromatic heterocycles. The Balaban J connectivity index is 3.99. The number of thioether (sulfide) groups is 1. The summed E-state index contributed by atoms with van der Waals surface area (Å²) < 4.78 is 0. The molecule has 17 heavy (non-hydrogen) atoms. The lowest BCUT2D eigenvalue weighted by atomic mass is 10.1. The zero-order valence-electron chi connectivity index (χ0n) is 10.7. The van der Waals surface area contributed by atoms with Crippen molar-refractivity contribution in [3.05, 3.63) is 0 Å². The molecule has 0 aromatic carbocycles. The third kappa shape index (κ3) is 7.90. The second-order valence-corrected chi connectivity index (χ2v) is 5.03. The van der Waals surface area contributed by atoms with Crippen molar-refractivity contribution in [3.63, 3.8) is 0 Å². The van der Waals surface area contributed by atoms with Crippen LogP contribution in [0.5, 0.6) is 0 Å². The van der Waals surface area contributed by atoms with Crippen molar-refractivity contribution >= 4 is 23.8 Å². The molecule has 0 saturated heterocycles. The van der Waals surface area contributed by atoms with Gasteiger partial charge in [-0.15, -0.1) is 0 Å². The summed E-state index contributed by atoms with van der Waals surface area (Å²) in [6, 6.07) is -1.21. The second-order valence-electron chi connectivity index (χ2n) is 4.04. The van der Waals surface area contributed by atoms with E-state index in [0.29, 0.717) is 24.6 Å². The Kier molecular flexibility index (Phi) is 8.66. The van der Waals surface area contributed by atoms with E-state index >= 15 is 0 Å². The molecule has 2 amide bonds. The van der Waals surface area contributed by atoms with Crippen molar-refractivity contribution in [2.24, 2.45) is 5.92 Å². The number of rotatable bonds is 8. The van der Waals surface area contributed by atoms with E-state index in [0.717, 1.165) is 6.42 Å². The molecule has 0 saturated carbocycles. The predicted octanol–water partition coefficient (Wildman–Crippen LogP) is 1.54. The van der Waals surface area contributed by atoms with E-state index in [4.69, 9.17) is 5.11 Å². The lowest BCUT2D eigenvalue weighted by molar-refractivity contribution is -0.139. The van der Waals surface area contributed by atoms with Gasteiger partial charge in [0.2, 0.25) is 0 Å². The summed E-state index contributed by atoms with van der Waals surface area (Å²) in [4.78, 5) is 22.3. The van der Waals surface area contributed by atoms with Gasteiger partial charge in [-0.05, 0) is 24.3 Å². The normalized spacial score (nSPS) is 13.8. The summed E-state index contributed by atoms with van der Waals surface area (Å²) in [6.07, 6.45) is 3.32. The Morgan fingerprint density at radius 3 is 2.53 bits per heavy atom. The Morgan fingerprint density at radius 1 is 1.41 bits per heavy atom. The summed E-state index contributed by atoms with van der Waals surface area (Å²) in [6.45, 7) is 4.64. The molecule has 2 unspecified atom stereocenters. The number of urea groups is 1. The minimum absolute atomic E-state index is 0.398. The van der Waals surface area contributed by atoms with Crippen LogP contribution in [-0.4, -0.2) is 41.7 Å². The Hall–Kier alpha value is -0.910. The van der Waals surface area contributed by atoms with Gasteiger partial charge in [0.05, 0.1) is 0 Å². The number of hydrogen-bond acceptors (Lipinski definition) is 3. The number of carboxylic acids is 1. The first-order valence-electron chi connectivity index (χ1n) is 5.77. The van der Waals surface area contributed by atoms with Gasteiger partial charge in [0, 0.05) is 6.54 Å². The molecule has 0 radical (unpaired) electrons. The van der Waals surface area contributed by atoms with E-state index < -0.39 is 18.0 Å². The largest absolute Gasteiger partial charge is 0.480 e. The minimum Gasteiger partial charge on any atom is -0.480 e. The standard InChI is InChI=1S/C11H22N2O3S/c1-4-8(2)7-12-11(16)13-9(10(14)15)5-6-17-3/h8-9H,4-7H2,1-3H3,(H,14,15)(H2,12,13,16). The summed E-state index contributed by atoms with van der Waals surface area (Å²) in [5.74, 6) is 0.121. The van der Waals surface area contributed by atoms with Crippen LogP contribution in [0.15, 0.2) is 0 Å². The van der Waals surface area contributed by atoms with Gasteiger partial charge in [0.15, 0.2) is 0 Å². The highest BCUT2D eigenvalue weighted by Crippen LogP contribution is 2.01. The van der Waals surface area contributed by atoms with Gasteiger partial charge in [-0.25, -0.2) is 9.59 Å². The quantitative estimate of drug-likeness (QED) is 0.620. The first-order valence-corrected chi connectivity index (χ1v) is 7.16. The highest BCUT2D eigenvalue weighted by Gasteiger charge is 2.19. The van der Waals surface area contributed by atoms with Gasteiger partial charge in [-0.3, -0.25) is 0 Å². The molecule has 6 heteroatoms. The van der Waals surface area contributed by atoms with Crippen molar-refractivity contribution in [3.8, 4) is 0 Å². The maximum absolute atomic E-state index is 11.4. The summed E-state index contributed by atoms with van der Waals surface area (Å²) in [5, 5.41) is 14.1. The predicted molar refractivity (Wildman–Crippen MR) is 70.4 cm³/mol. The number of carbonyl (C=O) groups is 2. The molecule has 0 aromatic rings. The number of amides is 2. The molecule has 0 aliphatic rings. The van der Waals surface area contributed by atoms with Crippen molar-refractivity contribution in [2.75, 3.05) is 18.6 Å². The SMILES string of the molecule is CCC(C)CNC(=O)NC(CCSC)C(=O)O. The number of hydrogen-bond donors (Lipinski definition) is 3. The van der Waals surface area contributed by atoms with Gasteiger partial charge in [0.25, 0.3) is 0 Å². The van der Waals surface area contributed by atoms with Gasteiger partial charge in [-0.1, -0.05) is 20.3 Å². The van der Waals surface area contributed by atoms with Crippen molar-refractivity contribution in [1.29, 1.82) is 0 Å². The van der Waals surface area contributed by atoms with Gasteiger partial charge in [-0.2, -0.15) is 11.8 Å². The molecule has 0 bridgehead atoms.